The fourth-order valence-corrected chi connectivity index (χ4v) is 3.90. The van der Waals surface area contributed by atoms with Gasteiger partial charge in [0.15, 0.2) is 6.10 Å². The lowest BCUT2D eigenvalue weighted by atomic mass is 10.0. The first-order valence-corrected chi connectivity index (χ1v) is 8.41. The summed E-state index contributed by atoms with van der Waals surface area (Å²) in [5.41, 5.74) is 3.78. The molecule has 0 bridgehead atoms. The number of hydrogen-bond donors (Lipinski definition) is 1. The Morgan fingerprint density at radius 2 is 1.75 bits per heavy atom. The quantitative estimate of drug-likeness (QED) is 0.916. The molecule has 1 saturated heterocycles. The zero-order valence-electron chi connectivity index (χ0n) is 13.7. The molecule has 2 aromatic rings. The van der Waals surface area contributed by atoms with Crippen LogP contribution in [-0.4, -0.2) is 34.8 Å². The zero-order valence-corrected chi connectivity index (χ0v) is 13.7. The highest BCUT2D eigenvalue weighted by Gasteiger charge is 2.42. The summed E-state index contributed by atoms with van der Waals surface area (Å²) in [6.07, 6.45) is 0.967. The lowest BCUT2D eigenvalue weighted by molar-refractivity contribution is 0.0355. The molecule has 4 nitrogen and oxygen atoms in total. The molecule has 24 heavy (non-hydrogen) atoms. The van der Waals surface area contributed by atoms with Crippen molar-refractivity contribution in [1.29, 1.82) is 0 Å². The summed E-state index contributed by atoms with van der Waals surface area (Å²) in [6.45, 7) is 2.50. The van der Waals surface area contributed by atoms with Crippen molar-refractivity contribution in [2.75, 3.05) is 13.2 Å². The molecule has 1 unspecified atom stereocenters. The highest BCUT2D eigenvalue weighted by Crippen LogP contribution is 2.45. The molecular formula is C20H21NO3. The van der Waals surface area contributed by atoms with Crippen LogP contribution in [0.25, 0.3) is 11.1 Å². The number of benzene rings is 2. The predicted octanol–water partition coefficient (Wildman–Crippen LogP) is 3.74. The van der Waals surface area contributed by atoms with Crippen LogP contribution in [0.3, 0.4) is 0 Å². The summed E-state index contributed by atoms with van der Waals surface area (Å²) in [4.78, 5) is 14.5. The van der Waals surface area contributed by atoms with Gasteiger partial charge in [-0.25, -0.2) is 4.79 Å². The molecule has 124 valence electrons. The van der Waals surface area contributed by atoms with Crippen molar-refractivity contribution in [3.8, 4) is 11.1 Å². The van der Waals surface area contributed by atoms with E-state index in [4.69, 9.17) is 4.74 Å². The number of likely N-dealkylation sites (tertiary alicyclic amines) is 1. The Kier molecular flexibility index (Phi) is 3.57. The minimum Gasteiger partial charge on any atom is -0.436 e. The minimum absolute atomic E-state index is 0.0417. The zero-order chi connectivity index (χ0) is 16.7. The van der Waals surface area contributed by atoms with Crippen LogP contribution in [0.4, 0.5) is 4.79 Å². The van der Waals surface area contributed by atoms with Gasteiger partial charge in [-0.15, -0.1) is 0 Å². The van der Waals surface area contributed by atoms with Crippen LogP contribution in [0, 0.1) is 0 Å². The third-order valence-corrected chi connectivity index (χ3v) is 5.31. The van der Waals surface area contributed by atoms with Crippen molar-refractivity contribution >= 4 is 6.09 Å². The topological polar surface area (TPSA) is 49.8 Å². The van der Waals surface area contributed by atoms with Gasteiger partial charge in [0.1, 0.15) is 0 Å². The lowest BCUT2D eigenvalue weighted by Crippen LogP contribution is -2.48. The van der Waals surface area contributed by atoms with E-state index in [1.807, 2.05) is 43.3 Å². The first-order valence-electron chi connectivity index (χ1n) is 8.41. The van der Waals surface area contributed by atoms with Crippen molar-refractivity contribution < 1.29 is 14.6 Å². The standard InChI is InChI=1S/C20H21NO3/c1-20(13-22)11-6-12-21(20)19(23)24-18-16-9-4-2-7-14(16)15-8-3-5-10-17(15)18/h2-5,7-10,18,22H,6,11-13H2,1H3. The predicted molar refractivity (Wildman–Crippen MR) is 91.6 cm³/mol. The van der Waals surface area contributed by atoms with Gasteiger partial charge in [-0.1, -0.05) is 48.5 Å². The number of carbonyl (C=O) groups excluding carboxylic acids is 1. The molecule has 1 heterocycles. The highest BCUT2D eigenvalue weighted by molar-refractivity contribution is 5.80. The molecule has 0 saturated carbocycles. The average Bonchev–Trinajstić information content (AvgIpc) is 3.15. The third-order valence-electron chi connectivity index (χ3n) is 5.31. The Labute approximate surface area is 141 Å². The van der Waals surface area contributed by atoms with Crippen LogP contribution >= 0.6 is 0 Å². The van der Waals surface area contributed by atoms with E-state index in [-0.39, 0.29) is 18.8 Å². The molecule has 1 fully saturated rings. The SMILES string of the molecule is CC1(CO)CCCN1C(=O)OC1c2ccccc2-c2ccccc21. The van der Waals surface area contributed by atoms with Crippen molar-refractivity contribution in [2.24, 2.45) is 0 Å². The first-order chi connectivity index (χ1) is 11.6. The van der Waals surface area contributed by atoms with Crippen molar-refractivity contribution in [1.82, 2.24) is 4.90 Å². The Balaban J connectivity index is 1.67. The molecule has 1 N–H and O–H groups in total. The summed E-state index contributed by atoms with van der Waals surface area (Å²) in [5.74, 6) is 0. The van der Waals surface area contributed by atoms with E-state index in [0.717, 1.165) is 35.1 Å². The van der Waals surface area contributed by atoms with Crippen LogP contribution in [0.15, 0.2) is 48.5 Å². The molecule has 1 atom stereocenters. The molecule has 2 aliphatic rings. The van der Waals surface area contributed by atoms with E-state index in [1.165, 1.54) is 0 Å². The third kappa shape index (κ3) is 2.21. The Morgan fingerprint density at radius 1 is 1.17 bits per heavy atom. The van der Waals surface area contributed by atoms with E-state index in [2.05, 4.69) is 12.1 Å². The van der Waals surface area contributed by atoms with Crippen LogP contribution in [0.2, 0.25) is 0 Å². The maximum Gasteiger partial charge on any atom is 0.411 e. The van der Waals surface area contributed by atoms with Gasteiger partial charge in [0, 0.05) is 17.7 Å². The largest absolute Gasteiger partial charge is 0.436 e. The second-order valence-corrected chi connectivity index (χ2v) is 6.85. The summed E-state index contributed by atoms with van der Waals surface area (Å²) >= 11 is 0. The van der Waals surface area contributed by atoms with Gasteiger partial charge in [0.2, 0.25) is 0 Å². The normalized spacial score (nSPS) is 22.3. The molecule has 4 rings (SSSR count). The summed E-state index contributed by atoms with van der Waals surface area (Å²) < 4.78 is 5.92. The average molecular weight is 323 g/mol. The maximum absolute atomic E-state index is 12.8. The van der Waals surface area contributed by atoms with Crippen molar-refractivity contribution in [3.05, 3.63) is 59.7 Å². The number of nitrogens with zero attached hydrogens (tertiary/aromatic N) is 1. The molecule has 0 aromatic heterocycles. The number of aliphatic hydroxyl groups is 1. The molecule has 1 aliphatic carbocycles. The first kappa shape index (κ1) is 15.2. The highest BCUT2D eigenvalue weighted by atomic mass is 16.6. The fourth-order valence-electron chi connectivity index (χ4n) is 3.90. The van der Waals surface area contributed by atoms with Gasteiger partial charge < -0.3 is 14.7 Å². The molecule has 0 spiro atoms. The number of aliphatic hydroxyl groups excluding tert-OH is 1. The smallest absolute Gasteiger partial charge is 0.411 e. The number of amides is 1. The fraction of sp³-hybridized carbons (Fsp3) is 0.350. The second kappa shape index (κ2) is 5.64. The molecule has 2 aromatic carbocycles. The number of rotatable bonds is 2. The molecule has 1 amide bonds. The number of ether oxygens (including phenoxy) is 1. The number of carbonyl (C=O) groups is 1. The van der Waals surface area contributed by atoms with Crippen LogP contribution in [0.5, 0.6) is 0 Å². The molecule has 0 radical (unpaired) electrons. The van der Waals surface area contributed by atoms with E-state index in [0.29, 0.717) is 6.54 Å². The van der Waals surface area contributed by atoms with Gasteiger partial charge in [0.25, 0.3) is 0 Å². The Morgan fingerprint density at radius 3 is 2.33 bits per heavy atom. The second-order valence-electron chi connectivity index (χ2n) is 6.85. The lowest BCUT2D eigenvalue weighted by Gasteiger charge is -2.33. The van der Waals surface area contributed by atoms with E-state index in [1.54, 1.807) is 4.90 Å². The summed E-state index contributed by atoms with van der Waals surface area (Å²) in [5, 5.41) is 9.67. The summed E-state index contributed by atoms with van der Waals surface area (Å²) in [6, 6.07) is 16.1. The van der Waals surface area contributed by atoms with Gasteiger partial charge >= 0.3 is 6.09 Å². The Hall–Kier alpha value is -2.33. The van der Waals surface area contributed by atoms with Gasteiger partial charge in [-0.3, -0.25) is 0 Å². The van der Waals surface area contributed by atoms with Crippen molar-refractivity contribution in [3.63, 3.8) is 0 Å². The van der Waals surface area contributed by atoms with E-state index < -0.39 is 5.54 Å². The van der Waals surface area contributed by atoms with Crippen LogP contribution in [0.1, 0.15) is 37.0 Å². The van der Waals surface area contributed by atoms with Gasteiger partial charge in [-0.2, -0.15) is 0 Å². The Bertz CT molecular complexity index is 742. The monoisotopic (exact) mass is 323 g/mol. The van der Waals surface area contributed by atoms with E-state index in [9.17, 15) is 9.90 Å². The number of fused-ring (bicyclic) bond motifs is 3. The maximum atomic E-state index is 12.8. The van der Waals surface area contributed by atoms with E-state index >= 15 is 0 Å². The molecule has 4 heteroatoms. The summed E-state index contributed by atoms with van der Waals surface area (Å²) in [7, 11) is 0. The molecular weight excluding hydrogens is 302 g/mol. The van der Waals surface area contributed by atoms with Crippen LogP contribution < -0.4 is 0 Å². The minimum atomic E-state index is -0.519. The number of hydrogen-bond acceptors (Lipinski definition) is 3. The van der Waals surface area contributed by atoms with Gasteiger partial charge in [-0.05, 0) is 30.9 Å². The van der Waals surface area contributed by atoms with Gasteiger partial charge in [0.05, 0.1) is 12.1 Å². The van der Waals surface area contributed by atoms with Crippen LogP contribution in [-0.2, 0) is 4.74 Å². The van der Waals surface area contributed by atoms with Crippen molar-refractivity contribution in [2.45, 2.75) is 31.4 Å². The molecule has 1 aliphatic heterocycles.